The first-order valence-electron chi connectivity index (χ1n) is 15.8. The van der Waals surface area contributed by atoms with Crippen LogP contribution < -0.4 is 14.8 Å². The monoisotopic (exact) mass is 653 g/mol. The summed E-state index contributed by atoms with van der Waals surface area (Å²) in [4.78, 5) is 61.9. The molecule has 2 N–H and O–H groups in total. The Hall–Kier alpha value is -4.39. The molecule has 1 fully saturated rings. The summed E-state index contributed by atoms with van der Waals surface area (Å²) in [7, 11) is 3.38. The van der Waals surface area contributed by atoms with Crippen molar-refractivity contribution < 1.29 is 48.0 Å². The molecule has 47 heavy (non-hydrogen) atoms. The Bertz CT molecular complexity index is 1540. The molecule has 0 radical (unpaired) electrons. The smallest absolute Gasteiger partial charge is 0.407 e. The van der Waals surface area contributed by atoms with Gasteiger partial charge in [-0.25, -0.2) is 9.59 Å². The second-order valence-electron chi connectivity index (χ2n) is 13.2. The molecule has 254 valence electrons. The summed E-state index contributed by atoms with van der Waals surface area (Å²) >= 11 is 0. The number of nitrogens with one attached hydrogen (secondary N) is 1. The van der Waals surface area contributed by atoms with Crippen LogP contribution in [0.5, 0.6) is 11.5 Å². The summed E-state index contributed by atoms with van der Waals surface area (Å²) in [6.07, 6.45) is 6.13. The van der Waals surface area contributed by atoms with E-state index in [9.17, 15) is 24.0 Å². The first-order valence-corrected chi connectivity index (χ1v) is 15.8. The molecule has 2 aliphatic carbocycles. The summed E-state index contributed by atoms with van der Waals surface area (Å²) in [5.41, 5.74) is 2.96. The van der Waals surface area contributed by atoms with Crippen molar-refractivity contribution in [3.05, 3.63) is 47.1 Å². The van der Waals surface area contributed by atoms with Gasteiger partial charge in [0.05, 0.1) is 7.11 Å². The van der Waals surface area contributed by atoms with Crippen LogP contribution >= 0.6 is 0 Å². The molecule has 0 saturated carbocycles. The largest absolute Gasteiger partial charge is 0.481 e. The number of hydrogen-bond acceptors (Lipinski definition) is 10. The maximum Gasteiger partial charge on any atom is 0.407 e. The molecule has 1 aromatic carbocycles. The number of carbonyl (C=O) groups is 5. The van der Waals surface area contributed by atoms with Crippen LogP contribution in [0.2, 0.25) is 0 Å². The number of aliphatic carboxylic acids is 1. The minimum atomic E-state index is -1.09. The van der Waals surface area contributed by atoms with Crippen LogP contribution in [0.1, 0.15) is 52.2 Å². The minimum absolute atomic E-state index is 0.183. The van der Waals surface area contributed by atoms with Crippen molar-refractivity contribution in [3.63, 3.8) is 0 Å². The van der Waals surface area contributed by atoms with E-state index in [2.05, 4.69) is 34.1 Å². The number of methoxy groups -OCH3 is 1. The number of benzene rings is 1. The molecule has 1 spiro atoms. The van der Waals surface area contributed by atoms with Gasteiger partial charge < -0.3 is 39.2 Å². The molecule has 13 heteroatoms. The van der Waals surface area contributed by atoms with Crippen LogP contribution in [-0.4, -0.2) is 102 Å². The number of alkyl carbamates (subject to hydrolysis) is 1. The third-order valence-corrected chi connectivity index (χ3v) is 9.80. The third-order valence-electron chi connectivity index (χ3n) is 9.80. The van der Waals surface area contributed by atoms with Gasteiger partial charge in [-0.2, -0.15) is 0 Å². The van der Waals surface area contributed by atoms with Gasteiger partial charge in [0, 0.05) is 43.3 Å². The molecular formula is C34H43N3O10. The molecule has 0 unspecified atom stereocenters. The van der Waals surface area contributed by atoms with Crippen molar-refractivity contribution in [1.82, 2.24) is 15.1 Å². The number of carboxylic acid groups (broad SMARTS) is 1. The van der Waals surface area contributed by atoms with Crippen molar-refractivity contribution in [1.29, 1.82) is 0 Å². The summed E-state index contributed by atoms with van der Waals surface area (Å²) in [6.45, 7) is 9.33. The van der Waals surface area contributed by atoms with E-state index < -0.39 is 36.2 Å². The van der Waals surface area contributed by atoms with Gasteiger partial charge in [0.25, 0.3) is 0 Å². The molecule has 2 bridgehead atoms. The third kappa shape index (κ3) is 6.08. The Labute approximate surface area is 273 Å². The fourth-order valence-electron chi connectivity index (χ4n) is 7.81. The molecule has 3 heterocycles. The van der Waals surface area contributed by atoms with Crippen LogP contribution in [0.15, 0.2) is 35.9 Å². The highest BCUT2D eigenvalue weighted by Crippen LogP contribution is 2.62. The van der Waals surface area contributed by atoms with E-state index in [1.807, 2.05) is 12.1 Å². The lowest BCUT2D eigenvalue weighted by Crippen LogP contribution is -2.65. The van der Waals surface area contributed by atoms with Gasteiger partial charge in [0.1, 0.15) is 18.2 Å². The van der Waals surface area contributed by atoms with Gasteiger partial charge >= 0.3 is 24.0 Å². The maximum atomic E-state index is 12.5. The Morgan fingerprint density at radius 2 is 1.83 bits per heavy atom. The lowest BCUT2D eigenvalue weighted by Gasteiger charge is -2.56. The second kappa shape index (κ2) is 13.0. The first-order chi connectivity index (χ1) is 22.2. The highest BCUT2D eigenvalue weighted by Gasteiger charge is 2.65. The molecule has 13 nitrogen and oxygen atoms in total. The first kappa shape index (κ1) is 34.0. The number of nitrogens with zero attached hydrogens (tertiary/aromatic N) is 2. The topological polar surface area (TPSA) is 161 Å². The molecular weight excluding hydrogens is 610 g/mol. The van der Waals surface area contributed by atoms with Crippen molar-refractivity contribution in [2.75, 3.05) is 27.2 Å². The molecule has 7 atom stereocenters. The van der Waals surface area contributed by atoms with Crippen molar-refractivity contribution in [3.8, 4) is 11.5 Å². The number of rotatable bonds is 6. The van der Waals surface area contributed by atoms with E-state index in [4.69, 9.17) is 19.3 Å². The van der Waals surface area contributed by atoms with Crippen molar-refractivity contribution >= 4 is 29.9 Å². The average molecular weight is 654 g/mol. The normalized spacial score (nSPS) is 28.6. The number of likely N-dealkylation sites (tertiary alicyclic amines) is 1. The van der Waals surface area contributed by atoms with Crippen LogP contribution in [0.3, 0.4) is 0 Å². The number of ether oxygens (including phenoxy) is 4. The maximum absolute atomic E-state index is 12.5. The highest BCUT2D eigenvalue weighted by atomic mass is 16.6. The molecule has 3 aliphatic heterocycles. The Morgan fingerprint density at radius 3 is 2.45 bits per heavy atom. The number of carbonyl (C=O) groups excluding carboxylic acids is 4. The molecule has 1 aromatic rings. The number of amides is 2. The van der Waals surface area contributed by atoms with Crippen LogP contribution in [0.4, 0.5) is 4.79 Å². The lowest BCUT2D eigenvalue weighted by molar-refractivity contribution is -0.152. The van der Waals surface area contributed by atoms with Gasteiger partial charge in [-0.3, -0.25) is 14.4 Å². The fourth-order valence-corrected chi connectivity index (χ4v) is 7.81. The number of carboxylic acids is 1. The number of piperidine rings is 1. The van der Waals surface area contributed by atoms with E-state index in [-0.39, 0.29) is 41.8 Å². The molecule has 2 amide bonds. The molecule has 0 aromatic heterocycles. The molecule has 1 saturated heterocycles. The van der Waals surface area contributed by atoms with E-state index in [0.717, 1.165) is 30.5 Å². The van der Waals surface area contributed by atoms with E-state index >= 15 is 0 Å². The SMILES string of the molecule is CC(=O)Oc1ccc2c3c1O[C@H]1[C@@H](OC(C)=O)C=C[C@H]4[C@@H](C2)N(C)CC[C@@]341.COC(=O)N[C@H](C(=O)N1CC(C)=C[C@H]1C(=O)O)C(C)C. The Kier molecular flexibility index (Phi) is 9.40. The zero-order valence-electron chi connectivity index (χ0n) is 27.8. The Balaban J connectivity index is 0.000000195. The number of hydrogen-bond donors (Lipinski definition) is 2. The average Bonchev–Trinajstić information content (AvgIpc) is 3.57. The highest BCUT2D eigenvalue weighted by molar-refractivity contribution is 5.91. The van der Waals surface area contributed by atoms with Gasteiger partial charge in [-0.1, -0.05) is 37.6 Å². The van der Waals surface area contributed by atoms with Crippen LogP contribution in [-0.2, 0) is 40.5 Å². The van der Waals surface area contributed by atoms with Gasteiger partial charge in [0.2, 0.25) is 5.91 Å². The Morgan fingerprint density at radius 1 is 1.11 bits per heavy atom. The van der Waals surface area contributed by atoms with Crippen molar-refractivity contribution in [2.24, 2.45) is 11.8 Å². The lowest BCUT2D eigenvalue weighted by atomic mass is 9.53. The standard InChI is InChI=1S/C21H23NO5.C13H20N2O5/c1-11(23)25-16-6-4-13-10-15-14-5-7-17(26-12(2)24)20-21(14,8-9-22(15)3)18(13)19(16)27-20;1-7(2)10(14-13(19)20-4)11(16)15-6-8(3)5-9(15)12(17)18/h4-7,14-15,17,20H,8-10H2,1-3H3;5,7,9-10H,6H2,1-4H3,(H,14,19)(H,17,18)/t14-,15+,17-,20-,21-;9-,10-/m00/s1. The summed E-state index contributed by atoms with van der Waals surface area (Å²) in [6, 6.07) is 2.48. The predicted octanol–water partition coefficient (Wildman–Crippen LogP) is 2.60. The van der Waals surface area contributed by atoms with E-state index in [1.54, 1.807) is 20.8 Å². The molecule has 6 rings (SSSR count). The second-order valence-corrected chi connectivity index (χ2v) is 13.2. The zero-order chi connectivity index (χ0) is 34.4. The summed E-state index contributed by atoms with van der Waals surface area (Å²) in [5, 5.41) is 11.6. The van der Waals surface area contributed by atoms with Crippen LogP contribution in [0, 0.1) is 11.8 Å². The zero-order valence-corrected chi connectivity index (χ0v) is 27.8. The number of likely N-dealkylation sites (N-methyl/N-ethyl adjacent to an activating group) is 1. The summed E-state index contributed by atoms with van der Waals surface area (Å²) in [5.74, 6) is -0.984. The van der Waals surface area contributed by atoms with E-state index in [0.29, 0.717) is 17.5 Å². The summed E-state index contributed by atoms with van der Waals surface area (Å²) < 4.78 is 22.0. The van der Waals surface area contributed by atoms with E-state index in [1.165, 1.54) is 37.5 Å². The van der Waals surface area contributed by atoms with Crippen LogP contribution in [0.25, 0.3) is 0 Å². The van der Waals surface area contributed by atoms with Crippen molar-refractivity contribution in [2.45, 2.75) is 83.2 Å². The predicted molar refractivity (Wildman–Crippen MR) is 168 cm³/mol. The van der Waals surface area contributed by atoms with Gasteiger partial charge in [-0.05, 0) is 57.0 Å². The number of esters is 2. The van der Waals surface area contributed by atoms with Gasteiger partial charge in [0.15, 0.2) is 17.6 Å². The molecule has 5 aliphatic rings. The fraction of sp³-hybridized carbons (Fsp3) is 0.559. The minimum Gasteiger partial charge on any atom is -0.481 e. The quantitative estimate of drug-likeness (QED) is 0.264. The van der Waals surface area contributed by atoms with Gasteiger partial charge in [-0.15, -0.1) is 0 Å².